The summed E-state index contributed by atoms with van der Waals surface area (Å²) in [7, 11) is -2.04. The molecule has 0 fully saturated rings. The first-order valence-electron chi connectivity index (χ1n) is 6.09. The van der Waals surface area contributed by atoms with Gasteiger partial charge in [-0.25, -0.2) is 23.1 Å². The fourth-order valence-corrected chi connectivity index (χ4v) is 4.00. The zero-order valence-corrected chi connectivity index (χ0v) is 12.7. The van der Waals surface area contributed by atoms with Crippen molar-refractivity contribution < 1.29 is 8.42 Å². The van der Waals surface area contributed by atoms with Crippen LogP contribution in [0.3, 0.4) is 0 Å². The van der Waals surface area contributed by atoms with Crippen LogP contribution < -0.4 is 10.0 Å². The fourth-order valence-electron chi connectivity index (χ4n) is 1.91. The lowest BCUT2D eigenvalue weighted by atomic mass is 10.4. The Labute approximate surface area is 124 Å². The lowest BCUT2D eigenvalue weighted by Crippen LogP contribution is -2.27. The highest BCUT2D eigenvalue weighted by atomic mass is 32.2. The molecular formula is C10H13N7O2S2. The number of thiazole rings is 1. The summed E-state index contributed by atoms with van der Waals surface area (Å²) < 4.78 is 29.0. The van der Waals surface area contributed by atoms with Gasteiger partial charge < -0.3 is 5.32 Å². The third kappa shape index (κ3) is 2.62. The Morgan fingerprint density at radius 2 is 2.33 bits per heavy atom. The van der Waals surface area contributed by atoms with E-state index >= 15 is 0 Å². The number of hydrogen-bond donors (Lipinski definition) is 3. The minimum Gasteiger partial charge on any atom is -0.371 e. The Morgan fingerprint density at radius 3 is 3.05 bits per heavy atom. The van der Waals surface area contributed by atoms with Crippen molar-refractivity contribution in [1.29, 1.82) is 0 Å². The molecule has 0 aliphatic heterocycles. The van der Waals surface area contributed by atoms with Crippen molar-refractivity contribution in [2.45, 2.75) is 11.4 Å². The minimum absolute atomic E-state index is 0.110. The van der Waals surface area contributed by atoms with Gasteiger partial charge in [-0.15, -0.1) is 11.3 Å². The Bertz CT molecular complexity index is 834. The molecule has 3 heterocycles. The molecule has 0 saturated heterocycles. The van der Waals surface area contributed by atoms with E-state index in [0.29, 0.717) is 23.0 Å². The zero-order chi connectivity index (χ0) is 14.9. The molecule has 0 aliphatic rings. The van der Waals surface area contributed by atoms with Gasteiger partial charge in [-0.1, -0.05) is 0 Å². The summed E-state index contributed by atoms with van der Waals surface area (Å²) in [5, 5.41) is 11.1. The van der Waals surface area contributed by atoms with Crippen LogP contribution in [-0.2, 0) is 16.4 Å². The van der Waals surface area contributed by atoms with Crippen LogP contribution in [0.4, 0.5) is 5.82 Å². The van der Waals surface area contributed by atoms with Gasteiger partial charge in [0.05, 0.1) is 0 Å². The number of sulfonamides is 1. The zero-order valence-electron chi connectivity index (χ0n) is 11.1. The molecule has 0 unspecified atom stereocenters. The highest BCUT2D eigenvalue weighted by molar-refractivity contribution is 7.89. The lowest BCUT2D eigenvalue weighted by Gasteiger charge is -2.06. The predicted molar refractivity (Wildman–Crippen MR) is 77.9 cm³/mol. The number of imidazole rings is 1. The third-order valence-corrected chi connectivity index (χ3v) is 5.07. The SMILES string of the molecule is CNc1nc2sccn2c1S(=O)(=O)NCCc1ncn[nH]1. The number of hydrogen-bond acceptors (Lipinski definition) is 7. The van der Waals surface area contributed by atoms with Gasteiger partial charge in [-0.05, 0) is 0 Å². The van der Waals surface area contributed by atoms with Gasteiger partial charge in [0, 0.05) is 31.6 Å². The number of H-pyrrole nitrogens is 1. The average Bonchev–Trinajstić information content (AvgIpc) is 3.13. The van der Waals surface area contributed by atoms with Crippen LogP contribution in [0.1, 0.15) is 5.82 Å². The minimum atomic E-state index is -3.68. The van der Waals surface area contributed by atoms with Crippen molar-refractivity contribution >= 4 is 32.1 Å². The van der Waals surface area contributed by atoms with E-state index in [1.165, 1.54) is 17.7 Å². The van der Waals surface area contributed by atoms with E-state index in [4.69, 9.17) is 0 Å². The summed E-state index contributed by atoms with van der Waals surface area (Å²) in [4.78, 5) is 8.80. The van der Waals surface area contributed by atoms with Gasteiger partial charge >= 0.3 is 0 Å². The highest BCUT2D eigenvalue weighted by Crippen LogP contribution is 2.24. The Morgan fingerprint density at radius 1 is 1.48 bits per heavy atom. The van der Waals surface area contributed by atoms with Gasteiger partial charge in [0.1, 0.15) is 12.2 Å². The van der Waals surface area contributed by atoms with E-state index in [1.807, 2.05) is 0 Å². The van der Waals surface area contributed by atoms with E-state index in [-0.39, 0.29) is 11.6 Å². The molecule has 3 aromatic heterocycles. The molecule has 21 heavy (non-hydrogen) atoms. The van der Waals surface area contributed by atoms with E-state index in [9.17, 15) is 8.42 Å². The van der Waals surface area contributed by atoms with Crippen molar-refractivity contribution in [2.24, 2.45) is 0 Å². The number of nitrogens with zero attached hydrogens (tertiary/aromatic N) is 4. The maximum absolute atomic E-state index is 12.5. The monoisotopic (exact) mass is 327 g/mol. The number of fused-ring (bicyclic) bond motifs is 1. The quantitative estimate of drug-likeness (QED) is 0.590. The number of nitrogens with one attached hydrogen (secondary N) is 3. The largest absolute Gasteiger partial charge is 0.371 e. The van der Waals surface area contributed by atoms with Crippen molar-refractivity contribution in [3.05, 3.63) is 23.7 Å². The van der Waals surface area contributed by atoms with Gasteiger partial charge in [0.25, 0.3) is 10.0 Å². The van der Waals surface area contributed by atoms with Crippen molar-refractivity contribution in [2.75, 3.05) is 18.9 Å². The van der Waals surface area contributed by atoms with Gasteiger partial charge in [0.2, 0.25) is 0 Å². The summed E-state index contributed by atoms with van der Waals surface area (Å²) in [6.07, 6.45) is 3.49. The molecule has 3 N–H and O–H groups in total. The second kappa shape index (κ2) is 5.42. The summed E-state index contributed by atoms with van der Waals surface area (Å²) >= 11 is 1.37. The summed E-state index contributed by atoms with van der Waals surface area (Å²) in [6.45, 7) is 0.220. The smallest absolute Gasteiger partial charge is 0.260 e. The first-order chi connectivity index (χ1) is 10.1. The van der Waals surface area contributed by atoms with Crippen molar-refractivity contribution in [3.8, 4) is 0 Å². The Balaban J connectivity index is 1.84. The van der Waals surface area contributed by atoms with Gasteiger partial charge in [0.15, 0.2) is 15.8 Å². The first-order valence-corrected chi connectivity index (χ1v) is 8.45. The molecule has 0 aromatic carbocycles. The lowest BCUT2D eigenvalue weighted by molar-refractivity contribution is 0.576. The maximum Gasteiger partial charge on any atom is 0.260 e. The average molecular weight is 327 g/mol. The van der Waals surface area contributed by atoms with E-state index in [2.05, 4.69) is 30.2 Å². The molecule has 0 saturated carbocycles. The molecular weight excluding hydrogens is 314 g/mol. The van der Waals surface area contributed by atoms with Gasteiger partial charge in [-0.3, -0.25) is 9.50 Å². The summed E-state index contributed by atoms with van der Waals surface area (Å²) in [5.41, 5.74) is 0. The molecule has 0 aliphatic carbocycles. The molecule has 0 spiro atoms. The Kier molecular flexibility index (Phi) is 3.61. The molecule has 3 rings (SSSR count). The van der Waals surface area contributed by atoms with Crippen molar-refractivity contribution in [1.82, 2.24) is 29.3 Å². The van der Waals surface area contributed by atoms with Crippen LogP contribution in [0.15, 0.2) is 22.9 Å². The van der Waals surface area contributed by atoms with Crippen molar-refractivity contribution in [3.63, 3.8) is 0 Å². The topological polar surface area (TPSA) is 117 Å². The standard InChI is InChI=1S/C10H13N7O2S2/c1-11-8-9(17-4-5-20-10(17)15-8)21(18,19)14-3-2-7-12-6-13-16-7/h4-6,11,14H,2-3H2,1H3,(H,12,13,16). The van der Waals surface area contributed by atoms with Crippen LogP contribution in [-0.4, -0.2) is 46.6 Å². The van der Waals surface area contributed by atoms with Crippen LogP contribution in [0.5, 0.6) is 0 Å². The fraction of sp³-hybridized carbons (Fsp3) is 0.300. The molecule has 9 nitrogen and oxygen atoms in total. The molecule has 112 valence electrons. The predicted octanol–water partition coefficient (Wildman–Crippen LogP) is 0.0766. The third-order valence-electron chi connectivity index (χ3n) is 2.83. The normalized spacial score (nSPS) is 12.0. The number of anilines is 1. The van der Waals surface area contributed by atoms with Crippen LogP contribution in [0, 0.1) is 0 Å². The number of aromatic amines is 1. The maximum atomic E-state index is 12.5. The molecule has 0 atom stereocenters. The van der Waals surface area contributed by atoms with E-state index in [1.54, 1.807) is 23.0 Å². The number of rotatable bonds is 6. The van der Waals surface area contributed by atoms with Crippen LogP contribution in [0.25, 0.3) is 4.96 Å². The molecule has 3 aromatic rings. The molecule has 0 amide bonds. The van der Waals surface area contributed by atoms with E-state index < -0.39 is 10.0 Å². The first kappa shape index (κ1) is 14.0. The summed E-state index contributed by atoms with van der Waals surface area (Å²) in [6, 6.07) is 0. The van der Waals surface area contributed by atoms with Gasteiger partial charge in [-0.2, -0.15) is 5.10 Å². The molecule has 0 radical (unpaired) electrons. The molecule has 11 heteroatoms. The second-order valence-corrected chi connectivity index (χ2v) is 6.71. The second-order valence-electron chi connectivity index (χ2n) is 4.15. The van der Waals surface area contributed by atoms with Crippen LogP contribution >= 0.6 is 11.3 Å². The number of aromatic nitrogens is 5. The Hall–Kier alpha value is -1.98. The highest BCUT2D eigenvalue weighted by Gasteiger charge is 2.25. The molecule has 0 bridgehead atoms. The summed E-state index contributed by atoms with van der Waals surface area (Å²) in [5.74, 6) is 0.953. The van der Waals surface area contributed by atoms with Crippen LogP contribution in [0.2, 0.25) is 0 Å². The van der Waals surface area contributed by atoms with E-state index in [0.717, 1.165) is 0 Å².